The minimum Gasteiger partial charge on any atom is -0.481 e. The molecule has 13 heteroatoms. The highest BCUT2D eigenvalue weighted by atomic mass is 32.1. The number of ether oxygens (including phenoxy) is 1. The summed E-state index contributed by atoms with van der Waals surface area (Å²) in [5.41, 5.74) is 1.59. The molecule has 0 radical (unpaired) electrons. The summed E-state index contributed by atoms with van der Waals surface area (Å²) in [6, 6.07) is 7.04. The summed E-state index contributed by atoms with van der Waals surface area (Å²) in [5, 5.41) is 17.3. The van der Waals surface area contributed by atoms with E-state index < -0.39 is 47.5 Å². The fourth-order valence-corrected chi connectivity index (χ4v) is 8.25. The number of benzene rings is 1. The van der Waals surface area contributed by atoms with Gasteiger partial charge in [0.25, 0.3) is 5.91 Å². The minimum atomic E-state index is -0.944. The number of aliphatic carboxylic acids is 1. The topological polar surface area (TPSA) is 158 Å². The first-order valence-corrected chi connectivity index (χ1v) is 20.8. The number of carboxylic acids is 1. The largest absolute Gasteiger partial charge is 0.481 e. The molecule has 0 aliphatic carbocycles. The van der Waals surface area contributed by atoms with Crippen molar-refractivity contribution in [3.8, 4) is 0 Å². The number of ketones is 1. The Morgan fingerprint density at radius 2 is 1.73 bits per heavy atom. The first-order valence-electron chi connectivity index (χ1n) is 19.9. The van der Waals surface area contributed by atoms with E-state index in [1.165, 1.54) is 11.3 Å². The number of nitrogens with one attached hydrogen (secondary N) is 2. The number of likely N-dealkylation sites (N-methyl/N-ethyl adjacent to an activating group) is 1. The molecule has 1 saturated heterocycles. The van der Waals surface area contributed by atoms with E-state index in [0.717, 1.165) is 43.4 Å². The van der Waals surface area contributed by atoms with Gasteiger partial charge in [-0.25, -0.2) is 9.78 Å². The molecule has 2 heterocycles. The molecule has 55 heavy (non-hydrogen) atoms. The van der Waals surface area contributed by atoms with Gasteiger partial charge in [0.15, 0.2) is 11.9 Å². The molecule has 1 aliphatic rings. The number of alkyl carbamates (subject to hydrolysis) is 1. The number of carbonyl (C=O) groups is 5. The van der Waals surface area contributed by atoms with E-state index in [9.17, 15) is 29.1 Å². The van der Waals surface area contributed by atoms with Gasteiger partial charge in [-0.2, -0.15) is 0 Å². The second-order valence-corrected chi connectivity index (χ2v) is 17.0. The lowest BCUT2D eigenvalue weighted by molar-refractivity contribution is -0.144. The van der Waals surface area contributed by atoms with E-state index in [-0.39, 0.29) is 54.5 Å². The van der Waals surface area contributed by atoms with E-state index in [2.05, 4.69) is 20.5 Å². The molecular weight excluding hydrogens is 719 g/mol. The molecule has 1 aromatic heterocycles. The standard InChI is InChI=1S/C42H65N5O7S/c1-11-28(6)32(23-36(48)42(8)19-13-14-20-46(42)9)39(50)47(10)34(26(3)4)24-35(54-41(53)43-12-2)38-45-33(25-55-38)37(49)44-31(21-29(7)40(51)52)22-30-17-15-27(5)16-18-30/h15-18,25-26,28-29,31-32,34-35H,11-14,19-24H2,1-10H3,(H,43,53)(H,44,49)(H,51,52)/t28-,29-,31+,32-,34+,35+,42-/m0/s1. The van der Waals surface area contributed by atoms with Gasteiger partial charge in [0.05, 0.1) is 11.5 Å². The van der Waals surface area contributed by atoms with Crippen LogP contribution in [0.1, 0.15) is 126 Å². The third kappa shape index (κ3) is 12.6. The summed E-state index contributed by atoms with van der Waals surface area (Å²) in [6.07, 6.45) is 3.08. The van der Waals surface area contributed by atoms with E-state index in [1.54, 1.807) is 31.2 Å². The van der Waals surface area contributed by atoms with Gasteiger partial charge < -0.3 is 25.4 Å². The monoisotopic (exact) mass is 783 g/mol. The Balaban J connectivity index is 1.87. The van der Waals surface area contributed by atoms with Crippen LogP contribution in [0.2, 0.25) is 0 Å². The predicted molar refractivity (Wildman–Crippen MR) is 216 cm³/mol. The molecule has 0 saturated carbocycles. The molecule has 0 spiro atoms. The lowest BCUT2D eigenvalue weighted by atomic mass is 9.77. The number of hydrogen-bond acceptors (Lipinski definition) is 9. The number of piperidine rings is 1. The summed E-state index contributed by atoms with van der Waals surface area (Å²) in [6.45, 7) is 16.7. The zero-order valence-electron chi connectivity index (χ0n) is 34.6. The quantitative estimate of drug-likeness (QED) is 0.128. The average Bonchev–Trinajstić information content (AvgIpc) is 3.64. The molecule has 12 nitrogen and oxygen atoms in total. The third-order valence-electron chi connectivity index (χ3n) is 11.6. The molecule has 1 fully saturated rings. The molecule has 3 rings (SSSR count). The maximum absolute atomic E-state index is 14.4. The predicted octanol–water partition coefficient (Wildman–Crippen LogP) is 7.06. The Labute approximate surface area is 332 Å². The molecule has 7 atom stereocenters. The number of likely N-dealkylation sites (tertiary alicyclic amines) is 1. The number of carbonyl (C=O) groups excluding carboxylic acids is 4. The summed E-state index contributed by atoms with van der Waals surface area (Å²) < 4.78 is 5.93. The number of amides is 3. The van der Waals surface area contributed by atoms with E-state index in [0.29, 0.717) is 18.0 Å². The third-order valence-corrected chi connectivity index (χ3v) is 12.5. The lowest BCUT2D eigenvalue weighted by Gasteiger charge is -2.43. The number of aryl methyl sites for hydroxylation is 1. The SMILES string of the molecule is CCNC(=O)O[C@H](C[C@H](C(C)C)N(C)C(=O)[C@@H](CC(=O)[C@]1(C)CCCCN1C)[C@@H](C)CC)c1nc(C(=O)N[C@@H](Cc2ccc(C)cc2)C[C@H](C)C(=O)O)cs1. The Morgan fingerprint density at radius 1 is 1.05 bits per heavy atom. The Kier molecular flexibility index (Phi) is 17.3. The Morgan fingerprint density at radius 3 is 2.31 bits per heavy atom. The number of nitrogens with zero attached hydrogens (tertiary/aromatic N) is 3. The molecular formula is C42H65N5O7S. The van der Waals surface area contributed by atoms with Gasteiger partial charge in [0, 0.05) is 49.8 Å². The van der Waals surface area contributed by atoms with Crippen molar-refractivity contribution in [1.82, 2.24) is 25.4 Å². The average molecular weight is 784 g/mol. The van der Waals surface area contributed by atoms with Crippen LogP contribution in [0.25, 0.3) is 0 Å². The molecule has 3 N–H and O–H groups in total. The van der Waals surface area contributed by atoms with E-state index in [4.69, 9.17) is 4.74 Å². The van der Waals surface area contributed by atoms with Crippen LogP contribution >= 0.6 is 11.3 Å². The summed E-state index contributed by atoms with van der Waals surface area (Å²) >= 11 is 1.19. The minimum absolute atomic E-state index is 0.0278. The first kappa shape index (κ1) is 45.5. The van der Waals surface area contributed by atoms with Crippen molar-refractivity contribution in [1.29, 1.82) is 0 Å². The first-order chi connectivity index (χ1) is 25.9. The van der Waals surface area contributed by atoms with Crippen molar-refractivity contribution in [2.75, 3.05) is 27.2 Å². The van der Waals surface area contributed by atoms with Crippen molar-refractivity contribution in [2.45, 2.75) is 130 Å². The van der Waals surface area contributed by atoms with E-state index in [1.807, 2.05) is 72.9 Å². The van der Waals surface area contributed by atoms with Gasteiger partial charge in [0.2, 0.25) is 5.91 Å². The Hall–Kier alpha value is -3.84. The van der Waals surface area contributed by atoms with Gasteiger partial charge in [-0.1, -0.05) is 70.9 Å². The van der Waals surface area contributed by atoms with Crippen LogP contribution < -0.4 is 10.6 Å². The summed E-state index contributed by atoms with van der Waals surface area (Å²) in [4.78, 5) is 75.1. The van der Waals surface area contributed by atoms with Crippen molar-refractivity contribution in [2.24, 2.45) is 23.7 Å². The molecule has 1 aromatic carbocycles. The number of aromatic nitrogens is 1. The highest BCUT2D eigenvalue weighted by Crippen LogP contribution is 2.35. The number of carboxylic acid groups (broad SMARTS) is 1. The zero-order valence-corrected chi connectivity index (χ0v) is 35.5. The number of Topliss-reactive ketones (excluding diaryl/α,β-unsaturated/α-hetero) is 1. The van der Waals surface area contributed by atoms with Gasteiger partial charge in [-0.05, 0) is 83.9 Å². The number of rotatable bonds is 20. The smallest absolute Gasteiger partial charge is 0.407 e. The molecule has 306 valence electrons. The second-order valence-electron chi connectivity index (χ2n) is 16.1. The maximum Gasteiger partial charge on any atom is 0.407 e. The van der Waals surface area contributed by atoms with Crippen LogP contribution in [-0.4, -0.2) is 94.4 Å². The second kappa shape index (κ2) is 20.9. The van der Waals surface area contributed by atoms with Crippen molar-refractivity contribution in [3.05, 3.63) is 51.5 Å². The fourth-order valence-electron chi connectivity index (χ4n) is 7.41. The van der Waals surface area contributed by atoms with Crippen LogP contribution in [0.3, 0.4) is 0 Å². The molecule has 1 aliphatic heterocycles. The van der Waals surface area contributed by atoms with Crippen LogP contribution in [0.5, 0.6) is 0 Å². The fraction of sp³-hybridized carbons (Fsp3) is 0.667. The molecule has 2 aromatic rings. The van der Waals surface area contributed by atoms with Crippen LogP contribution in [0.15, 0.2) is 29.6 Å². The highest BCUT2D eigenvalue weighted by molar-refractivity contribution is 7.09. The van der Waals surface area contributed by atoms with Crippen molar-refractivity contribution < 1.29 is 33.8 Å². The number of hydrogen-bond donors (Lipinski definition) is 3. The van der Waals surface area contributed by atoms with Crippen molar-refractivity contribution in [3.63, 3.8) is 0 Å². The van der Waals surface area contributed by atoms with Gasteiger partial charge in [-0.15, -0.1) is 11.3 Å². The highest BCUT2D eigenvalue weighted by Gasteiger charge is 2.42. The molecule has 3 amide bonds. The van der Waals surface area contributed by atoms with Gasteiger partial charge in [-0.3, -0.25) is 24.1 Å². The summed E-state index contributed by atoms with van der Waals surface area (Å²) in [5.74, 6) is -2.70. The Bertz CT molecular complexity index is 1600. The molecule has 0 unspecified atom stereocenters. The van der Waals surface area contributed by atoms with E-state index >= 15 is 0 Å². The normalized spacial score (nSPS) is 19.4. The molecule has 0 bridgehead atoms. The maximum atomic E-state index is 14.4. The van der Waals surface area contributed by atoms with Crippen LogP contribution in [-0.2, 0) is 25.5 Å². The lowest BCUT2D eigenvalue weighted by Crippen LogP contribution is -2.54. The zero-order chi connectivity index (χ0) is 41.0. The van der Waals surface area contributed by atoms with Crippen LogP contribution in [0.4, 0.5) is 4.79 Å². The van der Waals surface area contributed by atoms with Gasteiger partial charge in [0.1, 0.15) is 10.7 Å². The van der Waals surface area contributed by atoms with Crippen LogP contribution in [0, 0.1) is 30.6 Å². The summed E-state index contributed by atoms with van der Waals surface area (Å²) in [7, 11) is 3.75. The number of thiazole rings is 1. The van der Waals surface area contributed by atoms with Crippen molar-refractivity contribution >= 4 is 41.0 Å². The van der Waals surface area contributed by atoms with Gasteiger partial charge >= 0.3 is 12.1 Å².